The van der Waals surface area contributed by atoms with Crippen molar-refractivity contribution < 1.29 is 9.60 Å². The summed E-state index contributed by atoms with van der Waals surface area (Å²) >= 11 is 0. The summed E-state index contributed by atoms with van der Waals surface area (Å²) in [4.78, 5) is 0. The lowest BCUT2D eigenvalue weighted by molar-refractivity contribution is 0.319. The summed E-state index contributed by atoms with van der Waals surface area (Å²) in [5.41, 5.74) is 2.72. The first-order chi connectivity index (χ1) is 8.22. The van der Waals surface area contributed by atoms with Gasteiger partial charge in [-0.1, -0.05) is 47.6 Å². The van der Waals surface area contributed by atoms with Gasteiger partial charge in [0.15, 0.2) is 0 Å². The fourth-order valence-corrected chi connectivity index (χ4v) is 1.64. The third kappa shape index (κ3) is 2.33. The summed E-state index contributed by atoms with van der Waals surface area (Å²) in [7, 11) is 0. The third-order valence-electron chi connectivity index (χ3n) is 2.64. The van der Waals surface area contributed by atoms with Crippen LogP contribution >= 0.6 is 0 Å². The molecule has 0 aromatic heterocycles. The molecule has 0 amide bonds. The molecule has 0 radical (unpaired) electrons. The number of hydrogen-bond acceptors (Lipinski definition) is 2. The number of nitrogens with zero attached hydrogens (tertiary/aromatic N) is 1. The number of halogens is 1. The second-order valence-corrected chi connectivity index (χ2v) is 3.74. The molecule has 2 rings (SSSR count). The van der Waals surface area contributed by atoms with E-state index in [2.05, 4.69) is 5.16 Å². The molecule has 17 heavy (non-hydrogen) atoms. The van der Waals surface area contributed by atoms with Gasteiger partial charge in [-0.15, -0.1) is 0 Å². The Morgan fingerprint density at radius 3 is 2.29 bits per heavy atom. The molecule has 3 heteroatoms. The van der Waals surface area contributed by atoms with E-state index in [1.165, 1.54) is 6.07 Å². The molecule has 0 atom stereocenters. The van der Waals surface area contributed by atoms with Crippen LogP contribution in [0.3, 0.4) is 0 Å². The largest absolute Gasteiger partial charge is 0.411 e. The van der Waals surface area contributed by atoms with Crippen LogP contribution in [0, 0.1) is 5.82 Å². The summed E-state index contributed by atoms with van der Waals surface area (Å²) in [6, 6.07) is 13.8. The van der Waals surface area contributed by atoms with E-state index in [4.69, 9.17) is 5.21 Å². The first kappa shape index (κ1) is 11.3. The molecule has 2 aromatic rings. The highest BCUT2D eigenvalue weighted by Crippen LogP contribution is 2.22. The predicted molar refractivity (Wildman–Crippen MR) is 65.8 cm³/mol. The average Bonchev–Trinajstić information content (AvgIpc) is 2.39. The van der Waals surface area contributed by atoms with Gasteiger partial charge in [0.2, 0.25) is 0 Å². The minimum atomic E-state index is -0.243. The number of oxime groups is 1. The first-order valence-corrected chi connectivity index (χ1v) is 5.26. The van der Waals surface area contributed by atoms with E-state index in [-0.39, 0.29) is 5.82 Å². The molecule has 86 valence electrons. The number of hydrogen-bond donors (Lipinski definition) is 1. The lowest BCUT2D eigenvalue weighted by atomic mass is 10.0. The van der Waals surface area contributed by atoms with Crippen molar-refractivity contribution in [1.82, 2.24) is 0 Å². The van der Waals surface area contributed by atoms with E-state index in [1.54, 1.807) is 37.3 Å². The van der Waals surface area contributed by atoms with Crippen LogP contribution < -0.4 is 0 Å². The zero-order valence-corrected chi connectivity index (χ0v) is 9.39. The number of benzene rings is 2. The molecular formula is C14H12FNO. The molecule has 0 saturated heterocycles. The molecule has 0 unspecified atom stereocenters. The van der Waals surface area contributed by atoms with Crippen molar-refractivity contribution in [2.75, 3.05) is 0 Å². The summed E-state index contributed by atoms with van der Waals surface area (Å²) < 4.78 is 13.5. The standard InChI is InChI=1S/C14H12FNO/c1-10(16-17)11-6-8-12(9-7-11)13-4-2-3-5-14(13)15/h2-9,17H,1H3/b16-10+. The topological polar surface area (TPSA) is 32.6 Å². The van der Waals surface area contributed by atoms with Crippen molar-refractivity contribution in [2.24, 2.45) is 5.16 Å². The monoisotopic (exact) mass is 229 g/mol. The van der Waals surface area contributed by atoms with E-state index in [0.29, 0.717) is 11.3 Å². The third-order valence-corrected chi connectivity index (χ3v) is 2.64. The predicted octanol–water partition coefficient (Wildman–Crippen LogP) is 3.69. The molecule has 1 N–H and O–H groups in total. The van der Waals surface area contributed by atoms with Gasteiger partial charge < -0.3 is 5.21 Å². The van der Waals surface area contributed by atoms with Crippen molar-refractivity contribution in [1.29, 1.82) is 0 Å². The molecule has 0 aliphatic heterocycles. The van der Waals surface area contributed by atoms with Gasteiger partial charge in [0.1, 0.15) is 5.82 Å². The summed E-state index contributed by atoms with van der Waals surface area (Å²) in [5.74, 6) is -0.243. The molecular weight excluding hydrogens is 217 g/mol. The fraction of sp³-hybridized carbons (Fsp3) is 0.0714. The lowest BCUT2D eigenvalue weighted by Crippen LogP contribution is -1.94. The average molecular weight is 229 g/mol. The Morgan fingerprint density at radius 2 is 1.71 bits per heavy atom. The van der Waals surface area contributed by atoms with Crippen molar-refractivity contribution in [2.45, 2.75) is 6.92 Å². The molecule has 2 nitrogen and oxygen atoms in total. The molecule has 2 aromatic carbocycles. The van der Waals surface area contributed by atoms with Gasteiger partial charge in [0, 0.05) is 5.56 Å². The van der Waals surface area contributed by atoms with Crippen LogP contribution in [-0.2, 0) is 0 Å². The maximum absolute atomic E-state index is 13.5. The quantitative estimate of drug-likeness (QED) is 0.475. The molecule has 0 aliphatic carbocycles. The molecule has 0 saturated carbocycles. The van der Waals surface area contributed by atoms with Gasteiger partial charge in [0.05, 0.1) is 5.71 Å². The van der Waals surface area contributed by atoms with Crippen LogP contribution in [0.4, 0.5) is 4.39 Å². The lowest BCUT2D eigenvalue weighted by Gasteiger charge is -2.04. The Morgan fingerprint density at radius 1 is 1.06 bits per heavy atom. The van der Waals surface area contributed by atoms with Crippen molar-refractivity contribution in [3.8, 4) is 11.1 Å². The van der Waals surface area contributed by atoms with Crippen molar-refractivity contribution in [3.05, 3.63) is 59.9 Å². The molecule has 0 aliphatic rings. The van der Waals surface area contributed by atoms with E-state index in [9.17, 15) is 4.39 Å². The van der Waals surface area contributed by atoms with E-state index in [1.807, 2.05) is 12.1 Å². The zero-order chi connectivity index (χ0) is 12.3. The highest BCUT2D eigenvalue weighted by Gasteiger charge is 2.04. The van der Waals surface area contributed by atoms with Gasteiger partial charge >= 0.3 is 0 Å². The minimum Gasteiger partial charge on any atom is -0.411 e. The Balaban J connectivity index is 2.40. The number of rotatable bonds is 2. The Kier molecular flexibility index (Phi) is 3.19. The normalized spacial score (nSPS) is 11.5. The van der Waals surface area contributed by atoms with Crippen LogP contribution in [0.15, 0.2) is 53.7 Å². The molecule has 0 fully saturated rings. The zero-order valence-electron chi connectivity index (χ0n) is 9.39. The van der Waals surface area contributed by atoms with Gasteiger partial charge in [0.25, 0.3) is 0 Å². The highest BCUT2D eigenvalue weighted by molar-refractivity contribution is 5.98. The smallest absolute Gasteiger partial charge is 0.131 e. The SMILES string of the molecule is C/C(=N\O)c1ccc(-c2ccccc2F)cc1. The van der Waals surface area contributed by atoms with Crippen molar-refractivity contribution in [3.63, 3.8) is 0 Å². The van der Waals surface area contributed by atoms with E-state index >= 15 is 0 Å². The van der Waals surface area contributed by atoms with Gasteiger partial charge in [-0.2, -0.15) is 0 Å². The van der Waals surface area contributed by atoms with Crippen LogP contribution in [0.25, 0.3) is 11.1 Å². The van der Waals surface area contributed by atoms with Gasteiger partial charge in [-0.25, -0.2) is 4.39 Å². The maximum atomic E-state index is 13.5. The van der Waals surface area contributed by atoms with Crippen LogP contribution in [0.2, 0.25) is 0 Å². The fourth-order valence-electron chi connectivity index (χ4n) is 1.64. The summed E-state index contributed by atoms with van der Waals surface area (Å²) in [6.07, 6.45) is 0. The Hall–Kier alpha value is -2.16. The van der Waals surface area contributed by atoms with E-state index < -0.39 is 0 Å². The first-order valence-electron chi connectivity index (χ1n) is 5.26. The van der Waals surface area contributed by atoms with Crippen LogP contribution in [-0.4, -0.2) is 10.9 Å². The van der Waals surface area contributed by atoms with Crippen LogP contribution in [0.1, 0.15) is 12.5 Å². The highest BCUT2D eigenvalue weighted by atomic mass is 19.1. The van der Waals surface area contributed by atoms with Crippen molar-refractivity contribution >= 4 is 5.71 Å². The molecule has 0 spiro atoms. The van der Waals surface area contributed by atoms with E-state index in [0.717, 1.165) is 11.1 Å². The summed E-state index contributed by atoms with van der Waals surface area (Å²) in [5, 5.41) is 11.8. The summed E-state index contributed by atoms with van der Waals surface area (Å²) in [6.45, 7) is 1.71. The van der Waals surface area contributed by atoms with Crippen LogP contribution in [0.5, 0.6) is 0 Å². The second-order valence-electron chi connectivity index (χ2n) is 3.74. The Bertz CT molecular complexity index is 546. The van der Waals surface area contributed by atoms with Gasteiger partial charge in [-0.3, -0.25) is 0 Å². The maximum Gasteiger partial charge on any atom is 0.131 e. The Labute approximate surface area is 99.0 Å². The van der Waals surface area contributed by atoms with Gasteiger partial charge in [-0.05, 0) is 24.1 Å². The molecule has 0 heterocycles. The minimum absolute atomic E-state index is 0.243. The second kappa shape index (κ2) is 4.78. The molecule has 0 bridgehead atoms.